The second-order valence-electron chi connectivity index (χ2n) is 9.06. The predicted octanol–water partition coefficient (Wildman–Crippen LogP) is 4.35. The van der Waals surface area contributed by atoms with Crippen LogP contribution in [0.4, 0.5) is 0 Å². The summed E-state index contributed by atoms with van der Waals surface area (Å²) in [6.07, 6.45) is 5.26. The maximum Gasteiger partial charge on any atom is 0.144 e. The number of allylic oxidation sites excluding steroid dienone is 2. The number of rotatable bonds is 4. The molecule has 0 aromatic heterocycles. The van der Waals surface area contributed by atoms with Crippen molar-refractivity contribution in [3.63, 3.8) is 0 Å². The first-order chi connectivity index (χ1) is 16.2. The minimum Gasteiger partial charge on any atom is -0.508 e. The molecule has 0 spiro atoms. The van der Waals surface area contributed by atoms with Crippen LogP contribution in [-0.4, -0.2) is 36.9 Å². The van der Waals surface area contributed by atoms with E-state index in [2.05, 4.69) is 0 Å². The Bertz CT molecular complexity index is 1290. The Morgan fingerprint density at radius 3 is 1.94 bits per heavy atom. The molecule has 0 saturated heterocycles. The molecular formula is C28H24O6. The third kappa shape index (κ3) is 3.82. The molecule has 6 nitrogen and oxygen atoms in total. The number of Topliss-reactive ketones (excluding diaryl/α,β-unsaturated/α-hetero) is 1. The van der Waals surface area contributed by atoms with E-state index in [-0.39, 0.29) is 35.2 Å². The lowest BCUT2D eigenvalue weighted by molar-refractivity contribution is -0.133. The van der Waals surface area contributed by atoms with Crippen LogP contribution in [0.1, 0.15) is 34.9 Å². The van der Waals surface area contributed by atoms with Crippen LogP contribution < -0.4 is 0 Å². The molecule has 4 atom stereocenters. The van der Waals surface area contributed by atoms with Crippen molar-refractivity contribution in [3.8, 4) is 23.0 Å². The van der Waals surface area contributed by atoms with Gasteiger partial charge in [-0.3, -0.25) is 4.79 Å². The highest BCUT2D eigenvalue weighted by Crippen LogP contribution is 2.58. The first kappa shape index (κ1) is 21.8. The van der Waals surface area contributed by atoms with Crippen molar-refractivity contribution < 1.29 is 30.3 Å². The smallest absolute Gasteiger partial charge is 0.144 e. The Hall–Kier alpha value is -4.03. The van der Waals surface area contributed by atoms with Gasteiger partial charge in [-0.15, -0.1) is 0 Å². The molecule has 1 saturated carbocycles. The highest BCUT2D eigenvalue weighted by Gasteiger charge is 2.57. The Labute approximate surface area is 196 Å². The molecule has 3 aromatic rings. The fourth-order valence-corrected chi connectivity index (χ4v) is 5.42. The molecule has 5 N–H and O–H groups in total. The number of hydrogen-bond acceptors (Lipinski definition) is 6. The summed E-state index contributed by atoms with van der Waals surface area (Å²) in [6, 6.07) is 17.4. The number of carbonyl (C=O) groups is 1. The molecule has 6 heteroatoms. The maximum atomic E-state index is 13.3. The Balaban J connectivity index is 1.65. The quantitative estimate of drug-likeness (QED) is 0.398. The van der Waals surface area contributed by atoms with Gasteiger partial charge in [-0.2, -0.15) is 0 Å². The normalized spacial score (nSPS) is 26.1. The van der Waals surface area contributed by atoms with E-state index in [1.807, 2.05) is 12.2 Å². The number of ketones is 1. The number of phenols is 4. The molecule has 0 heterocycles. The zero-order valence-electron chi connectivity index (χ0n) is 18.2. The van der Waals surface area contributed by atoms with Crippen molar-refractivity contribution in [2.75, 3.05) is 0 Å². The van der Waals surface area contributed by atoms with Crippen molar-refractivity contribution >= 4 is 11.9 Å². The number of aromatic hydroxyl groups is 4. The van der Waals surface area contributed by atoms with E-state index in [9.17, 15) is 30.3 Å². The second kappa shape index (κ2) is 8.08. The van der Waals surface area contributed by atoms with E-state index >= 15 is 0 Å². The SMILES string of the molecule is O=C1CC2(O)C=C(C=Cc3ccc(O)cc3)C1C(c1ccc(O)cc1)C2c1cc(O)cc(O)c1. The topological polar surface area (TPSA) is 118 Å². The van der Waals surface area contributed by atoms with Gasteiger partial charge in [-0.05, 0) is 64.7 Å². The molecule has 3 aliphatic rings. The standard InChI is InChI=1S/C28H24O6/c29-20-7-2-16(3-8-20)1-4-18-14-28(34)15-24(33)25(18)26(17-5-9-21(30)10-6-17)27(28)19-11-22(31)13-23(32)12-19/h1-14,25-27,29-32,34H,15H2. The molecule has 172 valence electrons. The van der Waals surface area contributed by atoms with Crippen LogP contribution in [0.15, 0.2) is 84.5 Å². The lowest BCUT2D eigenvalue weighted by Gasteiger charge is -2.51. The fourth-order valence-electron chi connectivity index (χ4n) is 5.42. The van der Waals surface area contributed by atoms with Crippen LogP contribution >= 0.6 is 0 Å². The summed E-state index contributed by atoms with van der Waals surface area (Å²) in [4.78, 5) is 13.3. The molecule has 2 bridgehead atoms. The van der Waals surface area contributed by atoms with Gasteiger partial charge in [0, 0.05) is 24.3 Å². The number of aliphatic hydroxyl groups is 1. The van der Waals surface area contributed by atoms with E-state index < -0.39 is 23.4 Å². The zero-order chi connectivity index (χ0) is 24.0. The summed E-state index contributed by atoms with van der Waals surface area (Å²) < 4.78 is 0. The molecule has 6 rings (SSSR count). The lowest BCUT2D eigenvalue weighted by Crippen LogP contribution is -2.53. The van der Waals surface area contributed by atoms with Gasteiger partial charge in [0.25, 0.3) is 0 Å². The Kier molecular flexibility index (Phi) is 5.18. The molecule has 0 aliphatic heterocycles. The molecule has 0 amide bonds. The van der Waals surface area contributed by atoms with Crippen molar-refractivity contribution in [1.29, 1.82) is 0 Å². The van der Waals surface area contributed by atoms with E-state index in [1.54, 1.807) is 54.6 Å². The second-order valence-corrected chi connectivity index (χ2v) is 9.06. The van der Waals surface area contributed by atoms with Crippen LogP contribution in [0.2, 0.25) is 0 Å². The molecule has 0 radical (unpaired) electrons. The number of hydrogen-bond donors (Lipinski definition) is 5. The molecule has 1 fully saturated rings. The Morgan fingerprint density at radius 2 is 1.32 bits per heavy atom. The van der Waals surface area contributed by atoms with Gasteiger partial charge >= 0.3 is 0 Å². The van der Waals surface area contributed by atoms with Crippen molar-refractivity contribution in [2.24, 2.45) is 5.92 Å². The molecule has 4 unspecified atom stereocenters. The fraction of sp³-hybridized carbons (Fsp3) is 0.179. The first-order valence-electron chi connectivity index (χ1n) is 11.0. The van der Waals surface area contributed by atoms with Crippen molar-refractivity contribution in [1.82, 2.24) is 0 Å². The summed E-state index contributed by atoms with van der Waals surface area (Å²) >= 11 is 0. The number of carbonyl (C=O) groups excluding carboxylic acids is 1. The van der Waals surface area contributed by atoms with Crippen LogP contribution in [0.25, 0.3) is 6.08 Å². The van der Waals surface area contributed by atoms with Crippen LogP contribution in [0.3, 0.4) is 0 Å². The Morgan fingerprint density at radius 1 is 0.735 bits per heavy atom. The van der Waals surface area contributed by atoms with Crippen LogP contribution in [0, 0.1) is 5.92 Å². The van der Waals surface area contributed by atoms with E-state index in [0.29, 0.717) is 11.1 Å². The van der Waals surface area contributed by atoms with Gasteiger partial charge in [-0.25, -0.2) is 0 Å². The number of benzene rings is 3. The molecular weight excluding hydrogens is 432 g/mol. The van der Waals surface area contributed by atoms with Crippen molar-refractivity contribution in [3.05, 3.63) is 101 Å². The van der Waals surface area contributed by atoms with Gasteiger partial charge in [-0.1, -0.05) is 36.4 Å². The average molecular weight is 456 g/mol. The molecule has 3 aromatic carbocycles. The van der Waals surface area contributed by atoms with Gasteiger partial charge < -0.3 is 25.5 Å². The van der Waals surface area contributed by atoms with Gasteiger partial charge in [0.05, 0.1) is 11.5 Å². The zero-order valence-corrected chi connectivity index (χ0v) is 18.2. The van der Waals surface area contributed by atoms with Gasteiger partial charge in [0.1, 0.15) is 28.8 Å². The van der Waals surface area contributed by atoms with Gasteiger partial charge in [0.15, 0.2) is 0 Å². The van der Waals surface area contributed by atoms with E-state index in [1.165, 1.54) is 18.2 Å². The van der Waals surface area contributed by atoms with Crippen LogP contribution in [-0.2, 0) is 4.79 Å². The third-order valence-corrected chi connectivity index (χ3v) is 6.76. The molecule has 3 aliphatic carbocycles. The van der Waals surface area contributed by atoms with E-state index in [4.69, 9.17) is 0 Å². The number of phenolic OH excluding ortho intramolecular Hbond substituents is 4. The minimum atomic E-state index is -1.54. The lowest BCUT2D eigenvalue weighted by atomic mass is 9.53. The van der Waals surface area contributed by atoms with Gasteiger partial charge in [0.2, 0.25) is 0 Å². The monoisotopic (exact) mass is 456 g/mol. The highest BCUT2D eigenvalue weighted by atomic mass is 16.3. The summed E-state index contributed by atoms with van der Waals surface area (Å²) in [6.45, 7) is 0. The maximum absolute atomic E-state index is 13.3. The first-order valence-corrected chi connectivity index (χ1v) is 11.0. The predicted molar refractivity (Wildman–Crippen MR) is 127 cm³/mol. The number of fused-ring (bicyclic) bond motifs is 2. The minimum absolute atomic E-state index is 0.0795. The molecule has 34 heavy (non-hydrogen) atoms. The highest BCUT2D eigenvalue weighted by molar-refractivity contribution is 5.91. The largest absolute Gasteiger partial charge is 0.508 e. The summed E-state index contributed by atoms with van der Waals surface area (Å²) in [5.41, 5.74) is 1.24. The van der Waals surface area contributed by atoms with Crippen molar-refractivity contribution in [2.45, 2.75) is 23.9 Å². The third-order valence-electron chi connectivity index (χ3n) is 6.76. The average Bonchev–Trinajstić information content (AvgIpc) is 2.77. The summed E-state index contributed by atoms with van der Waals surface area (Å²) in [5.74, 6) is -1.79. The van der Waals surface area contributed by atoms with E-state index in [0.717, 1.165) is 11.1 Å². The summed E-state index contributed by atoms with van der Waals surface area (Å²) in [7, 11) is 0. The summed E-state index contributed by atoms with van der Waals surface area (Å²) in [5, 5.41) is 51.4. The van der Waals surface area contributed by atoms with Crippen LogP contribution in [0.5, 0.6) is 23.0 Å².